The third-order valence-corrected chi connectivity index (χ3v) is 3.89. The maximum absolute atomic E-state index is 11.7. The van der Waals surface area contributed by atoms with Crippen LogP contribution in [0.15, 0.2) is 0 Å². The first-order chi connectivity index (χ1) is 8.58. The van der Waals surface area contributed by atoms with Gasteiger partial charge in [0.1, 0.15) is 15.9 Å². The van der Waals surface area contributed by atoms with Crippen molar-refractivity contribution in [3.63, 3.8) is 0 Å². The number of carbonyl (C=O) groups excluding carboxylic acids is 1. The first-order valence-corrected chi connectivity index (χ1v) is 8.11. The van der Waals surface area contributed by atoms with Crippen LogP contribution >= 0.6 is 0 Å². The number of nitrogens with one attached hydrogen (secondary N) is 1. The fourth-order valence-corrected chi connectivity index (χ4v) is 2.10. The van der Waals surface area contributed by atoms with Crippen LogP contribution in [0.25, 0.3) is 0 Å². The topological polar surface area (TPSA) is 127 Å². The lowest BCUT2D eigenvalue weighted by atomic mass is 9.99. The van der Waals surface area contributed by atoms with E-state index in [0.29, 0.717) is 6.42 Å². The van der Waals surface area contributed by atoms with Crippen LogP contribution in [-0.4, -0.2) is 49.5 Å². The van der Waals surface area contributed by atoms with Crippen LogP contribution in [0.3, 0.4) is 0 Å². The van der Waals surface area contributed by atoms with Crippen molar-refractivity contribution in [3.05, 3.63) is 0 Å². The second-order valence-electron chi connectivity index (χ2n) is 4.74. The Morgan fingerprint density at radius 2 is 1.89 bits per heavy atom. The Hall–Kier alpha value is -1.15. The number of amides is 1. The predicted octanol–water partition coefficient (Wildman–Crippen LogP) is -0.636. The van der Waals surface area contributed by atoms with E-state index < -0.39 is 33.8 Å². The van der Waals surface area contributed by atoms with Crippen molar-refractivity contribution in [1.82, 2.24) is 5.32 Å². The molecule has 0 fully saturated rings. The summed E-state index contributed by atoms with van der Waals surface area (Å²) in [5, 5.41) is 11.4. The molecule has 3 atom stereocenters. The zero-order chi connectivity index (χ0) is 15.2. The zero-order valence-corrected chi connectivity index (χ0v) is 12.2. The molecular formula is C11H22N2O5S. The molecule has 112 valence electrons. The minimum atomic E-state index is -3.19. The zero-order valence-electron chi connectivity index (χ0n) is 11.4. The Morgan fingerprint density at radius 3 is 2.26 bits per heavy atom. The van der Waals surface area contributed by atoms with Crippen LogP contribution in [0.4, 0.5) is 0 Å². The molecule has 19 heavy (non-hydrogen) atoms. The largest absolute Gasteiger partial charge is 0.480 e. The average Bonchev–Trinajstić information content (AvgIpc) is 2.30. The Morgan fingerprint density at radius 1 is 1.37 bits per heavy atom. The summed E-state index contributed by atoms with van der Waals surface area (Å²) in [4.78, 5) is 22.7. The molecule has 0 aliphatic carbocycles. The van der Waals surface area contributed by atoms with Gasteiger partial charge >= 0.3 is 5.97 Å². The smallest absolute Gasteiger partial charge is 0.326 e. The van der Waals surface area contributed by atoms with Crippen molar-refractivity contribution in [3.8, 4) is 0 Å². The molecule has 0 spiro atoms. The highest BCUT2D eigenvalue weighted by Crippen LogP contribution is 2.08. The molecule has 0 radical (unpaired) electrons. The van der Waals surface area contributed by atoms with Crippen molar-refractivity contribution < 1.29 is 23.1 Å². The summed E-state index contributed by atoms with van der Waals surface area (Å²) in [6.45, 7) is 3.53. The van der Waals surface area contributed by atoms with Gasteiger partial charge in [0.2, 0.25) is 5.91 Å². The lowest BCUT2D eigenvalue weighted by Gasteiger charge is -2.22. The summed E-state index contributed by atoms with van der Waals surface area (Å²) in [5.41, 5.74) is 5.55. The van der Waals surface area contributed by atoms with Gasteiger partial charge in [-0.15, -0.1) is 0 Å². The van der Waals surface area contributed by atoms with Gasteiger partial charge in [-0.05, 0) is 12.3 Å². The quantitative estimate of drug-likeness (QED) is 0.547. The first kappa shape index (κ1) is 17.8. The monoisotopic (exact) mass is 294 g/mol. The number of nitrogens with two attached hydrogens (primary N) is 1. The molecule has 1 amide bonds. The van der Waals surface area contributed by atoms with Crippen LogP contribution in [0.1, 0.15) is 26.7 Å². The fourth-order valence-electron chi connectivity index (χ4n) is 1.42. The summed E-state index contributed by atoms with van der Waals surface area (Å²) in [7, 11) is -3.19. The number of carbonyl (C=O) groups is 2. The van der Waals surface area contributed by atoms with E-state index in [1.807, 2.05) is 6.92 Å². The molecule has 3 unspecified atom stereocenters. The molecule has 0 aromatic carbocycles. The highest BCUT2D eigenvalue weighted by Gasteiger charge is 2.27. The second-order valence-corrected chi connectivity index (χ2v) is 6.99. The summed E-state index contributed by atoms with van der Waals surface area (Å²) < 4.78 is 21.9. The van der Waals surface area contributed by atoms with Gasteiger partial charge in [0.25, 0.3) is 0 Å². The van der Waals surface area contributed by atoms with Gasteiger partial charge < -0.3 is 16.2 Å². The number of carboxylic acid groups (broad SMARTS) is 1. The van der Waals surface area contributed by atoms with Crippen LogP contribution in [0, 0.1) is 5.92 Å². The molecule has 0 aromatic heterocycles. The van der Waals surface area contributed by atoms with E-state index in [-0.39, 0.29) is 18.1 Å². The van der Waals surface area contributed by atoms with Gasteiger partial charge in [0.15, 0.2) is 0 Å². The first-order valence-electron chi connectivity index (χ1n) is 6.05. The molecule has 8 heteroatoms. The number of carboxylic acids is 1. The van der Waals surface area contributed by atoms with Crippen LogP contribution in [-0.2, 0) is 19.4 Å². The molecule has 0 heterocycles. The van der Waals surface area contributed by atoms with Crippen LogP contribution < -0.4 is 11.1 Å². The molecule has 0 saturated heterocycles. The van der Waals surface area contributed by atoms with Crippen molar-refractivity contribution in [2.24, 2.45) is 11.7 Å². The van der Waals surface area contributed by atoms with E-state index in [2.05, 4.69) is 5.32 Å². The molecule has 0 aromatic rings. The fraction of sp³-hybridized carbons (Fsp3) is 0.818. The van der Waals surface area contributed by atoms with E-state index in [1.54, 1.807) is 6.92 Å². The number of hydrogen-bond donors (Lipinski definition) is 3. The molecule has 7 nitrogen and oxygen atoms in total. The lowest BCUT2D eigenvalue weighted by molar-refractivity contribution is -0.143. The second kappa shape index (κ2) is 7.44. The number of sulfone groups is 1. The normalized spacial score (nSPS) is 16.4. The highest BCUT2D eigenvalue weighted by atomic mass is 32.2. The number of hydrogen-bond acceptors (Lipinski definition) is 5. The van der Waals surface area contributed by atoms with Crippen LogP contribution in [0.2, 0.25) is 0 Å². The molecule has 0 aliphatic rings. The number of aliphatic carboxylic acids is 1. The maximum Gasteiger partial charge on any atom is 0.326 e. The molecule has 0 aliphatic heterocycles. The van der Waals surface area contributed by atoms with Crippen molar-refractivity contribution in [2.45, 2.75) is 38.8 Å². The summed E-state index contributed by atoms with van der Waals surface area (Å²) in [6, 6.07) is -2.04. The van der Waals surface area contributed by atoms with E-state index >= 15 is 0 Å². The predicted molar refractivity (Wildman–Crippen MR) is 71.3 cm³/mol. The third kappa shape index (κ3) is 7.12. The van der Waals surface area contributed by atoms with E-state index in [0.717, 1.165) is 6.26 Å². The molecule has 0 bridgehead atoms. The van der Waals surface area contributed by atoms with Gasteiger partial charge in [0.05, 0.1) is 11.8 Å². The van der Waals surface area contributed by atoms with Gasteiger partial charge in [-0.3, -0.25) is 4.79 Å². The Bertz CT molecular complexity index is 421. The lowest BCUT2D eigenvalue weighted by Crippen LogP contribution is -2.51. The minimum absolute atomic E-state index is 0.0302. The van der Waals surface area contributed by atoms with Crippen molar-refractivity contribution in [1.29, 1.82) is 0 Å². The van der Waals surface area contributed by atoms with Gasteiger partial charge in [0, 0.05) is 6.26 Å². The Balaban J connectivity index is 4.52. The Labute approximate surface area is 113 Å². The summed E-state index contributed by atoms with van der Waals surface area (Å²) >= 11 is 0. The van der Waals surface area contributed by atoms with Gasteiger partial charge in [-0.1, -0.05) is 20.3 Å². The molecular weight excluding hydrogens is 272 g/mol. The van der Waals surface area contributed by atoms with Crippen molar-refractivity contribution >= 4 is 21.7 Å². The Kier molecular flexibility index (Phi) is 6.99. The van der Waals surface area contributed by atoms with E-state index in [1.165, 1.54) is 0 Å². The van der Waals surface area contributed by atoms with Crippen LogP contribution in [0.5, 0.6) is 0 Å². The van der Waals surface area contributed by atoms with Crippen molar-refractivity contribution in [2.75, 3.05) is 12.0 Å². The minimum Gasteiger partial charge on any atom is -0.480 e. The SMILES string of the molecule is CCC(C)C(NC(=O)C(N)CCS(C)(=O)=O)C(=O)O. The van der Waals surface area contributed by atoms with Gasteiger partial charge in [-0.2, -0.15) is 0 Å². The highest BCUT2D eigenvalue weighted by molar-refractivity contribution is 7.90. The molecule has 0 rings (SSSR count). The molecule has 0 saturated carbocycles. The third-order valence-electron chi connectivity index (χ3n) is 2.91. The summed E-state index contributed by atoms with van der Waals surface area (Å²) in [6.07, 6.45) is 1.62. The van der Waals surface area contributed by atoms with E-state index in [4.69, 9.17) is 10.8 Å². The number of rotatable bonds is 8. The maximum atomic E-state index is 11.7. The average molecular weight is 294 g/mol. The van der Waals surface area contributed by atoms with E-state index in [9.17, 15) is 18.0 Å². The standard InChI is InChI=1S/C11H22N2O5S/c1-4-7(2)9(11(15)16)13-10(14)8(12)5-6-19(3,17)18/h7-9H,4-6,12H2,1-3H3,(H,13,14)(H,15,16). The molecule has 4 N–H and O–H groups in total. The van der Waals surface area contributed by atoms with Gasteiger partial charge in [-0.25, -0.2) is 13.2 Å². The summed E-state index contributed by atoms with van der Waals surface area (Å²) in [5.74, 6) is -2.21.